The van der Waals surface area contributed by atoms with Gasteiger partial charge in [-0.2, -0.15) is 0 Å². The maximum atomic E-state index is 13.2. The van der Waals surface area contributed by atoms with Crippen LogP contribution in [0, 0.1) is 13.8 Å². The summed E-state index contributed by atoms with van der Waals surface area (Å²) in [4.78, 5) is 21.4. The fraction of sp³-hybridized carbons (Fsp3) is 0.280. The number of aromatic nitrogens is 3. The Morgan fingerprint density at radius 3 is 2.72 bits per heavy atom. The average Bonchev–Trinajstić information content (AvgIpc) is 3.50. The summed E-state index contributed by atoms with van der Waals surface area (Å²) >= 11 is 6.00. The Kier molecular flexibility index (Phi) is 5.49. The number of carbonyl (C=O) groups excluding carboxylic acids is 1. The van der Waals surface area contributed by atoms with Crippen molar-refractivity contribution >= 4 is 34.4 Å². The van der Waals surface area contributed by atoms with Crippen molar-refractivity contribution < 1.29 is 9.53 Å². The molecule has 1 saturated heterocycles. The van der Waals surface area contributed by atoms with Crippen LogP contribution in [-0.2, 0) is 11.3 Å². The molecule has 0 bridgehead atoms. The summed E-state index contributed by atoms with van der Waals surface area (Å²) < 4.78 is 8.06. The van der Waals surface area contributed by atoms with E-state index in [1.807, 2.05) is 24.3 Å². The Morgan fingerprint density at radius 1 is 1.22 bits per heavy atom. The van der Waals surface area contributed by atoms with E-state index in [-0.39, 0.29) is 12.0 Å². The molecule has 2 N–H and O–H groups in total. The molecule has 5 rings (SSSR count). The monoisotopic (exact) mass is 448 g/mol. The molecular weight excluding hydrogens is 424 g/mol. The molecule has 2 aromatic carbocycles. The van der Waals surface area contributed by atoms with Crippen LogP contribution >= 0.6 is 11.6 Å². The van der Waals surface area contributed by atoms with Gasteiger partial charge in [0.2, 0.25) is 0 Å². The smallest absolute Gasteiger partial charge is 0.256 e. The SMILES string of the molecule is Cc1c(-c2nc3ccccc3[nH]2)c(NC(=O)c2ccc(Cl)cc2)n(C[C@@H]2CCCO2)c1C. The second-order valence-corrected chi connectivity index (χ2v) is 8.68. The summed E-state index contributed by atoms with van der Waals surface area (Å²) in [6.07, 6.45) is 2.21. The van der Waals surface area contributed by atoms with Gasteiger partial charge in [-0.15, -0.1) is 0 Å². The molecule has 3 heterocycles. The molecule has 0 unspecified atom stereocenters. The van der Waals surface area contributed by atoms with Gasteiger partial charge in [-0.25, -0.2) is 4.98 Å². The molecule has 0 radical (unpaired) electrons. The number of aromatic amines is 1. The minimum Gasteiger partial charge on any atom is -0.376 e. The number of rotatable bonds is 5. The van der Waals surface area contributed by atoms with E-state index in [9.17, 15) is 4.79 Å². The molecule has 4 aromatic rings. The molecule has 1 fully saturated rings. The van der Waals surface area contributed by atoms with Crippen LogP contribution in [-0.4, -0.2) is 33.2 Å². The number of nitrogens with one attached hydrogen (secondary N) is 2. The molecule has 1 aliphatic heterocycles. The number of fused-ring (bicyclic) bond motifs is 1. The standard InChI is InChI=1S/C25H25ClN4O2/c1-15-16(2)30(14-19-6-5-13-32-19)24(29-25(31)17-9-11-18(26)12-10-17)22(15)23-27-20-7-3-4-8-21(20)28-23/h3-4,7-12,19H,5-6,13-14H2,1-2H3,(H,27,28)(H,29,31)/t19-/m0/s1. The van der Waals surface area contributed by atoms with Crippen LogP contribution < -0.4 is 5.32 Å². The fourth-order valence-corrected chi connectivity index (χ4v) is 4.48. The van der Waals surface area contributed by atoms with E-state index in [1.165, 1.54) is 0 Å². The first kappa shape index (κ1) is 20.8. The Balaban J connectivity index is 1.61. The number of imidazole rings is 1. The summed E-state index contributed by atoms with van der Waals surface area (Å²) in [5, 5.41) is 3.75. The van der Waals surface area contributed by atoms with Crippen LogP contribution in [0.4, 0.5) is 5.82 Å². The highest BCUT2D eigenvalue weighted by molar-refractivity contribution is 6.30. The molecule has 1 atom stereocenters. The Labute approximate surface area is 191 Å². The number of H-pyrrole nitrogens is 1. The second-order valence-electron chi connectivity index (χ2n) is 8.24. The van der Waals surface area contributed by atoms with Gasteiger partial charge in [0.1, 0.15) is 11.6 Å². The van der Waals surface area contributed by atoms with Crippen molar-refractivity contribution in [2.45, 2.75) is 39.3 Å². The first-order valence-corrected chi connectivity index (χ1v) is 11.2. The van der Waals surface area contributed by atoms with Crippen molar-refractivity contribution in [2.24, 2.45) is 0 Å². The molecule has 164 valence electrons. The Hall–Kier alpha value is -3.09. The summed E-state index contributed by atoms with van der Waals surface area (Å²) in [6.45, 7) is 5.62. The molecule has 1 aliphatic rings. The van der Waals surface area contributed by atoms with Gasteiger partial charge in [-0.3, -0.25) is 4.79 Å². The van der Waals surface area contributed by atoms with Crippen molar-refractivity contribution in [3.05, 3.63) is 70.4 Å². The van der Waals surface area contributed by atoms with Gasteiger partial charge in [0, 0.05) is 22.9 Å². The molecule has 32 heavy (non-hydrogen) atoms. The normalized spacial score (nSPS) is 16.0. The lowest BCUT2D eigenvalue weighted by molar-refractivity contribution is 0.0962. The van der Waals surface area contributed by atoms with Gasteiger partial charge in [0.15, 0.2) is 0 Å². The molecule has 0 spiro atoms. The van der Waals surface area contributed by atoms with Crippen molar-refractivity contribution in [1.29, 1.82) is 0 Å². The predicted octanol–water partition coefficient (Wildman–Crippen LogP) is 5.73. The Morgan fingerprint density at radius 2 is 2.00 bits per heavy atom. The number of halogens is 1. The number of hydrogen-bond donors (Lipinski definition) is 2. The second kappa shape index (κ2) is 8.45. The lowest BCUT2D eigenvalue weighted by atomic mass is 10.1. The topological polar surface area (TPSA) is 71.9 Å². The average molecular weight is 449 g/mol. The lowest BCUT2D eigenvalue weighted by Crippen LogP contribution is -2.21. The van der Waals surface area contributed by atoms with E-state index >= 15 is 0 Å². The number of ether oxygens (including phenoxy) is 1. The van der Waals surface area contributed by atoms with E-state index in [4.69, 9.17) is 21.3 Å². The van der Waals surface area contributed by atoms with Crippen LogP contribution in [0.5, 0.6) is 0 Å². The highest BCUT2D eigenvalue weighted by atomic mass is 35.5. The van der Waals surface area contributed by atoms with Crippen LogP contribution in [0.1, 0.15) is 34.5 Å². The molecular formula is C25H25ClN4O2. The van der Waals surface area contributed by atoms with Crippen LogP contribution in [0.2, 0.25) is 5.02 Å². The molecule has 1 amide bonds. The van der Waals surface area contributed by atoms with Crippen molar-refractivity contribution in [1.82, 2.24) is 14.5 Å². The van der Waals surface area contributed by atoms with Crippen molar-refractivity contribution in [3.63, 3.8) is 0 Å². The maximum absolute atomic E-state index is 13.2. The zero-order valence-corrected chi connectivity index (χ0v) is 18.9. The molecule has 0 aliphatic carbocycles. The summed E-state index contributed by atoms with van der Waals surface area (Å²) in [5.74, 6) is 1.28. The third-order valence-corrected chi connectivity index (χ3v) is 6.46. The predicted molar refractivity (Wildman–Crippen MR) is 127 cm³/mol. The van der Waals surface area contributed by atoms with E-state index < -0.39 is 0 Å². The lowest BCUT2D eigenvalue weighted by Gasteiger charge is -2.17. The van der Waals surface area contributed by atoms with E-state index in [2.05, 4.69) is 28.7 Å². The Bertz CT molecular complexity index is 1250. The zero-order valence-electron chi connectivity index (χ0n) is 18.1. The quantitative estimate of drug-likeness (QED) is 0.409. The highest BCUT2D eigenvalue weighted by Gasteiger charge is 2.26. The van der Waals surface area contributed by atoms with Gasteiger partial charge >= 0.3 is 0 Å². The first-order valence-electron chi connectivity index (χ1n) is 10.8. The fourth-order valence-electron chi connectivity index (χ4n) is 4.36. The van der Waals surface area contributed by atoms with Gasteiger partial charge in [0.05, 0.1) is 29.2 Å². The number of nitrogens with zero attached hydrogens (tertiary/aromatic N) is 2. The number of amides is 1. The number of anilines is 1. The van der Waals surface area contributed by atoms with Crippen LogP contribution in [0.3, 0.4) is 0 Å². The van der Waals surface area contributed by atoms with Gasteiger partial charge in [-0.1, -0.05) is 23.7 Å². The largest absolute Gasteiger partial charge is 0.376 e. The van der Waals surface area contributed by atoms with Gasteiger partial charge < -0.3 is 19.6 Å². The van der Waals surface area contributed by atoms with E-state index in [0.29, 0.717) is 17.1 Å². The third-order valence-electron chi connectivity index (χ3n) is 6.20. The number of carbonyl (C=O) groups is 1. The summed E-state index contributed by atoms with van der Waals surface area (Å²) in [5.41, 5.74) is 5.46. The van der Waals surface area contributed by atoms with Gasteiger partial charge in [0.25, 0.3) is 5.91 Å². The number of hydrogen-bond acceptors (Lipinski definition) is 3. The first-order chi connectivity index (χ1) is 15.5. The maximum Gasteiger partial charge on any atom is 0.256 e. The molecule has 0 saturated carbocycles. The molecule has 2 aromatic heterocycles. The zero-order chi connectivity index (χ0) is 22.2. The summed E-state index contributed by atoms with van der Waals surface area (Å²) in [7, 11) is 0. The van der Waals surface area contributed by atoms with Crippen LogP contribution in [0.25, 0.3) is 22.4 Å². The van der Waals surface area contributed by atoms with Crippen LogP contribution in [0.15, 0.2) is 48.5 Å². The van der Waals surface area contributed by atoms with E-state index in [0.717, 1.165) is 58.9 Å². The van der Waals surface area contributed by atoms with E-state index in [1.54, 1.807) is 24.3 Å². The number of para-hydroxylation sites is 2. The third kappa shape index (κ3) is 3.80. The molecule has 7 heteroatoms. The number of benzene rings is 2. The van der Waals surface area contributed by atoms with Gasteiger partial charge in [-0.05, 0) is 68.7 Å². The minimum absolute atomic E-state index is 0.134. The van der Waals surface area contributed by atoms with Crippen molar-refractivity contribution in [2.75, 3.05) is 11.9 Å². The highest BCUT2D eigenvalue weighted by Crippen LogP contribution is 2.37. The minimum atomic E-state index is -0.190. The van der Waals surface area contributed by atoms with Crippen molar-refractivity contribution in [3.8, 4) is 11.4 Å². The summed E-state index contributed by atoms with van der Waals surface area (Å²) in [6, 6.07) is 14.8. The molecule has 6 nitrogen and oxygen atoms in total.